The van der Waals surface area contributed by atoms with Gasteiger partial charge in [0.2, 0.25) is 0 Å². The minimum Gasteiger partial charge on any atom is -0.292 e. The molecule has 15 heavy (non-hydrogen) atoms. The first-order valence-corrected chi connectivity index (χ1v) is 6.33. The van der Waals surface area contributed by atoms with Gasteiger partial charge in [-0.3, -0.25) is 4.79 Å². The summed E-state index contributed by atoms with van der Waals surface area (Å²) >= 11 is 1.25. The average Bonchev–Trinajstić information content (AvgIpc) is 2.74. The van der Waals surface area contributed by atoms with E-state index < -0.39 is 0 Å². The Hall–Kier alpha value is -0.770. The zero-order chi connectivity index (χ0) is 10.8. The fourth-order valence-electron chi connectivity index (χ4n) is 2.27. The lowest BCUT2D eigenvalue weighted by atomic mass is 9.74. The maximum Gasteiger partial charge on any atom is 0.187 e. The van der Waals surface area contributed by atoms with E-state index >= 15 is 0 Å². The summed E-state index contributed by atoms with van der Waals surface area (Å²) in [6, 6.07) is 0. The maximum atomic E-state index is 12.0. The molecule has 3 nitrogen and oxygen atoms in total. The number of nitrogens with zero attached hydrogens (tertiary/aromatic N) is 2. The molecule has 0 bridgehead atoms. The van der Waals surface area contributed by atoms with E-state index in [0.717, 1.165) is 25.2 Å². The Balaban J connectivity index is 2.03. The van der Waals surface area contributed by atoms with E-state index in [1.165, 1.54) is 11.5 Å². The molecule has 4 heteroatoms. The molecule has 0 N–H and O–H groups in total. The van der Waals surface area contributed by atoms with Gasteiger partial charge in [-0.05, 0) is 42.6 Å². The standard InChI is InChI=1S/C11H16N2OS/c1-7-3-4-9(5-8(7)2)11(14)10-6-15-13-12-10/h6-9H,3-5H2,1-2H3. The van der Waals surface area contributed by atoms with Crippen molar-refractivity contribution in [3.8, 4) is 0 Å². The van der Waals surface area contributed by atoms with Crippen molar-refractivity contribution in [1.82, 2.24) is 9.59 Å². The van der Waals surface area contributed by atoms with Crippen LogP contribution >= 0.6 is 11.5 Å². The van der Waals surface area contributed by atoms with Gasteiger partial charge in [0.25, 0.3) is 0 Å². The Morgan fingerprint density at radius 1 is 1.40 bits per heavy atom. The van der Waals surface area contributed by atoms with Crippen molar-refractivity contribution in [2.24, 2.45) is 17.8 Å². The van der Waals surface area contributed by atoms with Crippen LogP contribution in [0.5, 0.6) is 0 Å². The lowest BCUT2D eigenvalue weighted by Crippen LogP contribution is -2.26. The molecule has 0 aliphatic heterocycles. The first-order valence-electron chi connectivity index (χ1n) is 5.49. The number of ketones is 1. The molecule has 3 atom stereocenters. The third-order valence-corrected chi connectivity index (χ3v) is 4.09. The quantitative estimate of drug-likeness (QED) is 0.725. The number of Topliss-reactive ketones (excluding diaryl/α,β-unsaturated/α-hetero) is 1. The number of aromatic nitrogens is 2. The van der Waals surface area contributed by atoms with Crippen LogP contribution in [0.3, 0.4) is 0 Å². The van der Waals surface area contributed by atoms with E-state index in [0.29, 0.717) is 11.6 Å². The average molecular weight is 224 g/mol. The third-order valence-electron chi connectivity index (χ3n) is 3.58. The van der Waals surface area contributed by atoms with E-state index in [-0.39, 0.29) is 11.7 Å². The molecule has 3 unspecified atom stereocenters. The van der Waals surface area contributed by atoms with Crippen LogP contribution in [-0.2, 0) is 0 Å². The highest BCUT2D eigenvalue weighted by atomic mass is 32.1. The molecular weight excluding hydrogens is 208 g/mol. The number of carbonyl (C=O) groups is 1. The molecule has 0 spiro atoms. The molecule has 1 fully saturated rings. The summed E-state index contributed by atoms with van der Waals surface area (Å²) in [7, 11) is 0. The second-order valence-corrected chi connectivity index (χ2v) is 5.23. The maximum absolute atomic E-state index is 12.0. The fraction of sp³-hybridized carbons (Fsp3) is 0.727. The molecule has 1 saturated carbocycles. The molecule has 0 amide bonds. The number of carbonyl (C=O) groups excluding carboxylic acids is 1. The predicted molar refractivity (Wildman–Crippen MR) is 59.9 cm³/mol. The molecule has 0 saturated heterocycles. The van der Waals surface area contributed by atoms with Gasteiger partial charge in [-0.15, -0.1) is 5.10 Å². The minimum absolute atomic E-state index is 0.181. The zero-order valence-corrected chi connectivity index (χ0v) is 9.96. The van der Waals surface area contributed by atoms with Crippen LogP contribution in [0.1, 0.15) is 43.6 Å². The van der Waals surface area contributed by atoms with Crippen molar-refractivity contribution in [2.45, 2.75) is 33.1 Å². The van der Waals surface area contributed by atoms with Gasteiger partial charge in [-0.25, -0.2) is 0 Å². The van der Waals surface area contributed by atoms with Crippen LogP contribution in [-0.4, -0.2) is 15.4 Å². The van der Waals surface area contributed by atoms with E-state index in [9.17, 15) is 4.79 Å². The highest BCUT2D eigenvalue weighted by Crippen LogP contribution is 2.34. The van der Waals surface area contributed by atoms with Crippen LogP contribution in [0.4, 0.5) is 0 Å². The van der Waals surface area contributed by atoms with Crippen LogP contribution in [0.2, 0.25) is 0 Å². The van der Waals surface area contributed by atoms with Crippen molar-refractivity contribution in [3.05, 3.63) is 11.1 Å². The van der Waals surface area contributed by atoms with Crippen molar-refractivity contribution in [3.63, 3.8) is 0 Å². The summed E-state index contributed by atoms with van der Waals surface area (Å²) in [4.78, 5) is 12.0. The Labute approximate surface area is 94.1 Å². The third kappa shape index (κ3) is 2.25. The van der Waals surface area contributed by atoms with Crippen LogP contribution < -0.4 is 0 Å². The summed E-state index contributed by atoms with van der Waals surface area (Å²) in [5, 5.41) is 5.61. The lowest BCUT2D eigenvalue weighted by molar-refractivity contribution is 0.0832. The summed E-state index contributed by atoms with van der Waals surface area (Å²) in [5.41, 5.74) is 0.562. The van der Waals surface area contributed by atoms with Gasteiger partial charge in [-0.2, -0.15) is 0 Å². The Kier molecular flexibility index (Phi) is 3.14. The number of hydrogen-bond donors (Lipinski definition) is 0. The highest BCUT2D eigenvalue weighted by Gasteiger charge is 2.30. The van der Waals surface area contributed by atoms with Crippen LogP contribution in [0.15, 0.2) is 5.38 Å². The molecule has 82 valence electrons. The van der Waals surface area contributed by atoms with Crippen molar-refractivity contribution in [1.29, 1.82) is 0 Å². The first kappa shape index (κ1) is 10.7. The SMILES string of the molecule is CC1CCC(C(=O)c2csnn2)CC1C. The van der Waals surface area contributed by atoms with Crippen molar-refractivity contribution >= 4 is 17.3 Å². The van der Waals surface area contributed by atoms with Gasteiger partial charge < -0.3 is 0 Å². The number of hydrogen-bond acceptors (Lipinski definition) is 4. The smallest absolute Gasteiger partial charge is 0.187 e. The molecule has 1 aliphatic carbocycles. The summed E-state index contributed by atoms with van der Waals surface area (Å²) in [6.45, 7) is 4.51. The predicted octanol–water partition coefficient (Wildman–Crippen LogP) is 2.79. The van der Waals surface area contributed by atoms with Crippen LogP contribution in [0, 0.1) is 17.8 Å². The Morgan fingerprint density at radius 3 is 2.80 bits per heavy atom. The topological polar surface area (TPSA) is 42.9 Å². The fourth-order valence-corrected chi connectivity index (χ4v) is 2.71. The second kappa shape index (κ2) is 4.39. The Morgan fingerprint density at radius 2 is 2.20 bits per heavy atom. The molecular formula is C11H16N2OS. The second-order valence-electron chi connectivity index (χ2n) is 4.62. The lowest BCUT2D eigenvalue weighted by Gasteiger charge is -2.30. The van der Waals surface area contributed by atoms with Gasteiger partial charge in [0, 0.05) is 11.3 Å². The van der Waals surface area contributed by atoms with Gasteiger partial charge in [0.1, 0.15) is 5.69 Å². The summed E-state index contributed by atoms with van der Waals surface area (Å²) < 4.78 is 3.74. The summed E-state index contributed by atoms with van der Waals surface area (Å²) in [6.07, 6.45) is 3.19. The van der Waals surface area contributed by atoms with Gasteiger partial charge in [0.05, 0.1) is 0 Å². The molecule has 1 heterocycles. The van der Waals surface area contributed by atoms with E-state index in [1.807, 2.05) is 0 Å². The highest BCUT2D eigenvalue weighted by molar-refractivity contribution is 7.03. The van der Waals surface area contributed by atoms with Gasteiger partial charge >= 0.3 is 0 Å². The van der Waals surface area contributed by atoms with Crippen molar-refractivity contribution < 1.29 is 4.79 Å². The van der Waals surface area contributed by atoms with E-state index in [4.69, 9.17) is 0 Å². The number of rotatable bonds is 2. The zero-order valence-electron chi connectivity index (χ0n) is 9.14. The van der Waals surface area contributed by atoms with E-state index in [1.54, 1.807) is 5.38 Å². The molecule has 0 aromatic carbocycles. The Bertz CT molecular complexity index is 336. The van der Waals surface area contributed by atoms with Crippen LogP contribution in [0.25, 0.3) is 0 Å². The van der Waals surface area contributed by atoms with Crippen molar-refractivity contribution in [2.75, 3.05) is 0 Å². The molecule has 1 aromatic rings. The van der Waals surface area contributed by atoms with Gasteiger partial charge in [0.15, 0.2) is 5.78 Å². The first-order chi connectivity index (χ1) is 7.18. The van der Waals surface area contributed by atoms with E-state index in [2.05, 4.69) is 23.4 Å². The van der Waals surface area contributed by atoms with Gasteiger partial charge in [-0.1, -0.05) is 18.3 Å². The molecule has 0 radical (unpaired) electrons. The normalized spacial score (nSPS) is 31.5. The minimum atomic E-state index is 0.181. The monoisotopic (exact) mass is 224 g/mol. The molecule has 2 rings (SSSR count). The summed E-state index contributed by atoms with van der Waals surface area (Å²) in [5.74, 6) is 1.78. The largest absolute Gasteiger partial charge is 0.292 e. The molecule has 1 aliphatic rings. The molecule has 1 aromatic heterocycles.